The molecule has 5 nitrogen and oxygen atoms in total. The van der Waals surface area contributed by atoms with Crippen molar-refractivity contribution in [3.05, 3.63) is 52.6 Å². The van der Waals surface area contributed by atoms with Crippen molar-refractivity contribution in [1.29, 1.82) is 0 Å². The Hall–Kier alpha value is -2.51. The van der Waals surface area contributed by atoms with Crippen LogP contribution in [-0.4, -0.2) is 38.6 Å². The molecular formula is C18H15NO4S2. The summed E-state index contributed by atoms with van der Waals surface area (Å²) in [7, 11) is 1.10. The van der Waals surface area contributed by atoms with E-state index >= 15 is 0 Å². The molecule has 1 aliphatic rings. The van der Waals surface area contributed by atoms with E-state index in [1.54, 1.807) is 12.1 Å². The summed E-state index contributed by atoms with van der Waals surface area (Å²) in [5.41, 5.74) is 2.12. The number of furan rings is 1. The smallest absolute Gasteiger partial charge is 0.323 e. The zero-order valence-corrected chi connectivity index (χ0v) is 15.0. The number of amides is 1. The molecule has 1 aromatic carbocycles. The Balaban J connectivity index is 1.86. The second-order valence-corrected chi connectivity index (χ2v) is 7.34. The van der Waals surface area contributed by atoms with Crippen LogP contribution in [0.5, 0.6) is 0 Å². The summed E-state index contributed by atoms with van der Waals surface area (Å²) in [5, 5.41) is 8.95. The molecule has 0 unspecified atom stereocenters. The standard InChI is InChI=1S/C18H15NO4S2/c1-11-3-5-12(6-4-11)14-8-7-13(23-14)9-15-17(22)19(10-16(20)21)18(24-2)25-15/h3-9H,2,10H2,1H3,(H,20,21)/b15-9-. The Kier molecular flexibility index (Phi) is 4.96. The van der Waals surface area contributed by atoms with Gasteiger partial charge in [0.2, 0.25) is 0 Å². The highest BCUT2D eigenvalue weighted by molar-refractivity contribution is 8.29. The number of nitrogens with zero attached hydrogens (tertiary/aromatic N) is 1. The predicted molar refractivity (Wildman–Crippen MR) is 104 cm³/mol. The van der Waals surface area contributed by atoms with Crippen molar-refractivity contribution in [3.8, 4) is 11.3 Å². The predicted octanol–water partition coefficient (Wildman–Crippen LogP) is 3.51. The summed E-state index contributed by atoms with van der Waals surface area (Å²) < 4.78 is 6.34. The first-order valence-electron chi connectivity index (χ1n) is 7.37. The number of carbonyl (C=O) groups excluding carboxylic acids is 1. The fraction of sp³-hybridized carbons (Fsp3) is 0.111. The van der Waals surface area contributed by atoms with Gasteiger partial charge in [-0.1, -0.05) is 41.6 Å². The molecule has 0 aliphatic carbocycles. The van der Waals surface area contributed by atoms with Crippen LogP contribution in [-0.2, 0) is 9.59 Å². The Morgan fingerprint density at radius 2 is 2.04 bits per heavy atom. The van der Waals surface area contributed by atoms with Crippen molar-refractivity contribution in [2.75, 3.05) is 6.54 Å². The number of carboxylic acid groups (broad SMARTS) is 1. The molecule has 3 rings (SSSR count). The topological polar surface area (TPSA) is 70.8 Å². The van der Waals surface area contributed by atoms with Crippen LogP contribution < -0.4 is 0 Å². The van der Waals surface area contributed by atoms with Gasteiger partial charge in [-0.2, -0.15) is 0 Å². The first-order chi connectivity index (χ1) is 12.0. The minimum absolute atomic E-state index is 0.355. The van der Waals surface area contributed by atoms with Gasteiger partial charge >= 0.3 is 5.97 Å². The summed E-state index contributed by atoms with van der Waals surface area (Å²) in [6.07, 6.45) is 1.63. The molecule has 0 radical (unpaired) electrons. The van der Waals surface area contributed by atoms with Crippen molar-refractivity contribution >= 4 is 50.8 Å². The number of hydrogen-bond acceptors (Lipinski definition) is 4. The van der Waals surface area contributed by atoms with E-state index in [9.17, 15) is 9.59 Å². The molecule has 2 aromatic rings. The molecule has 1 aromatic heterocycles. The highest BCUT2D eigenvalue weighted by Crippen LogP contribution is 2.33. The van der Waals surface area contributed by atoms with Gasteiger partial charge in [-0.15, -0.1) is 10.9 Å². The number of thioether (sulfide) groups is 1. The number of aliphatic carboxylic acids is 1. The normalized spacial score (nSPS) is 15.9. The van der Waals surface area contributed by atoms with Crippen LogP contribution in [0, 0.1) is 6.92 Å². The summed E-state index contributed by atoms with van der Waals surface area (Å²) in [6, 6.07) is 11.6. The second-order valence-electron chi connectivity index (χ2n) is 5.37. The van der Waals surface area contributed by atoms with E-state index in [0.29, 0.717) is 20.7 Å². The van der Waals surface area contributed by atoms with E-state index < -0.39 is 5.97 Å². The fourth-order valence-electron chi connectivity index (χ4n) is 2.31. The Bertz CT molecular complexity index is 921. The molecule has 0 atom stereocenters. The van der Waals surface area contributed by atoms with Crippen LogP contribution in [0.15, 0.2) is 45.7 Å². The lowest BCUT2D eigenvalue weighted by molar-refractivity contribution is -0.140. The maximum absolute atomic E-state index is 12.4. The van der Waals surface area contributed by atoms with Crippen molar-refractivity contribution in [2.24, 2.45) is 0 Å². The first-order valence-corrected chi connectivity index (χ1v) is 9.17. The molecule has 0 bridgehead atoms. The van der Waals surface area contributed by atoms with E-state index in [-0.39, 0.29) is 12.5 Å². The van der Waals surface area contributed by atoms with Crippen molar-refractivity contribution in [2.45, 2.75) is 6.92 Å². The third-order valence-corrected chi connectivity index (χ3v) is 5.50. The Labute approximate surface area is 152 Å². The van der Waals surface area contributed by atoms with Gasteiger partial charge in [0.05, 0.1) is 4.91 Å². The maximum atomic E-state index is 12.4. The number of aryl methyl sites for hydroxylation is 1. The van der Waals surface area contributed by atoms with Gasteiger partial charge in [0.25, 0.3) is 5.91 Å². The lowest BCUT2D eigenvalue weighted by atomic mass is 10.1. The molecule has 1 amide bonds. The highest BCUT2D eigenvalue weighted by Gasteiger charge is 2.33. The number of carboxylic acids is 1. The SMILES string of the molecule is C=S=C1S/C(=C\c2ccc(-c3ccc(C)cc3)o2)C(=O)N1CC(=O)O. The van der Waals surface area contributed by atoms with E-state index in [4.69, 9.17) is 9.52 Å². The van der Waals surface area contributed by atoms with Crippen LogP contribution in [0.3, 0.4) is 0 Å². The lowest BCUT2D eigenvalue weighted by Crippen LogP contribution is -2.33. The minimum Gasteiger partial charge on any atom is -0.480 e. The number of rotatable bonds is 4. The number of benzene rings is 1. The third-order valence-electron chi connectivity index (χ3n) is 3.53. The molecule has 7 heteroatoms. The Morgan fingerprint density at radius 3 is 2.68 bits per heavy atom. The van der Waals surface area contributed by atoms with Crippen LogP contribution in [0.4, 0.5) is 0 Å². The summed E-state index contributed by atoms with van der Waals surface area (Å²) in [5.74, 6) is 3.50. The maximum Gasteiger partial charge on any atom is 0.323 e. The second kappa shape index (κ2) is 7.16. The van der Waals surface area contributed by atoms with Gasteiger partial charge in [0, 0.05) is 11.6 Å². The van der Waals surface area contributed by atoms with Crippen LogP contribution in [0.1, 0.15) is 11.3 Å². The van der Waals surface area contributed by atoms with Gasteiger partial charge in [-0.05, 0) is 24.9 Å². The van der Waals surface area contributed by atoms with Gasteiger partial charge in [-0.25, -0.2) is 0 Å². The van der Waals surface area contributed by atoms with Gasteiger partial charge < -0.3 is 9.52 Å². The molecular weight excluding hydrogens is 358 g/mol. The lowest BCUT2D eigenvalue weighted by Gasteiger charge is -2.10. The quantitative estimate of drug-likeness (QED) is 0.656. The zero-order valence-electron chi connectivity index (χ0n) is 13.4. The molecule has 1 aliphatic heterocycles. The molecule has 2 heterocycles. The number of carbonyl (C=O) groups is 2. The van der Waals surface area contributed by atoms with Gasteiger partial charge in [-0.3, -0.25) is 14.5 Å². The monoisotopic (exact) mass is 373 g/mol. The summed E-state index contributed by atoms with van der Waals surface area (Å²) >= 11 is 1.20. The zero-order chi connectivity index (χ0) is 18.0. The molecule has 0 saturated carbocycles. The van der Waals surface area contributed by atoms with Crippen molar-refractivity contribution in [1.82, 2.24) is 4.90 Å². The Morgan fingerprint density at radius 1 is 1.32 bits per heavy atom. The average Bonchev–Trinajstić information content (AvgIpc) is 3.15. The van der Waals surface area contributed by atoms with Crippen molar-refractivity contribution in [3.63, 3.8) is 0 Å². The van der Waals surface area contributed by atoms with Crippen LogP contribution in [0.2, 0.25) is 0 Å². The van der Waals surface area contributed by atoms with Gasteiger partial charge in [0.1, 0.15) is 22.4 Å². The molecule has 1 N–H and O–H groups in total. The third kappa shape index (κ3) is 3.78. The largest absolute Gasteiger partial charge is 0.480 e. The fourth-order valence-corrected chi connectivity index (χ4v) is 3.94. The highest BCUT2D eigenvalue weighted by atomic mass is 32.2. The van der Waals surface area contributed by atoms with E-state index in [1.165, 1.54) is 16.7 Å². The van der Waals surface area contributed by atoms with Crippen molar-refractivity contribution < 1.29 is 19.1 Å². The van der Waals surface area contributed by atoms with Crippen LogP contribution in [0.25, 0.3) is 17.4 Å². The molecule has 25 heavy (non-hydrogen) atoms. The molecule has 1 saturated heterocycles. The molecule has 1 fully saturated rings. The van der Waals surface area contributed by atoms with Gasteiger partial charge in [0.15, 0.2) is 0 Å². The number of hydrogen-bond donors (Lipinski definition) is 1. The molecule has 128 valence electrons. The van der Waals surface area contributed by atoms with E-state index in [0.717, 1.165) is 22.1 Å². The molecule has 0 spiro atoms. The summed E-state index contributed by atoms with van der Waals surface area (Å²) in [6.45, 7) is 1.63. The average molecular weight is 373 g/mol. The van der Waals surface area contributed by atoms with E-state index in [2.05, 4.69) is 5.87 Å². The first kappa shape index (κ1) is 17.3. The summed E-state index contributed by atoms with van der Waals surface area (Å²) in [4.78, 5) is 24.9. The van der Waals surface area contributed by atoms with E-state index in [1.807, 2.05) is 37.3 Å². The van der Waals surface area contributed by atoms with Crippen LogP contribution >= 0.6 is 22.7 Å². The minimum atomic E-state index is -1.07.